The first-order valence-corrected chi connectivity index (χ1v) is 11.7. The van der Waals surface area contributed by atoms with Crippen LogP contribution in [0, 0.1) is 0 Å². The van der Waals surface area contributed by atoms with E-state index in [9.17, 15) is 9.90 Å². The molecule has 3 heterocycles. The molecule has 0 unspecified atom stereocenters. The molecule has 176 valence electrons. The van der Waals surface area contributed by atoms with Crippen LogP contribution in [-0.2, 0) is 16.0 Å². The Bertz CT molecular complexity index is 1290. The monoisotopic (exact) mass is 459 g/mol. The number of ether oxygens (including phenoxy) is 2. The number of hydrogen-bond acceptors (Lipinski definition) is 6. The molecule has 5 rings (SSSR count). The van der Waals surface area contributed by atoms with E-state index < -0.39 is 0 Å². The Labute approximate surface area is 198 Å². The number of likely N-dealkylation sites (tertiary alicyclic amines) is 1. The van der Waals surface area contributed by atoms with Gasteiger partial charge in [0.1, 0.15) is 0 Å². The topological polar surface area (TPSA) is 87.2 Å². The van der Waals surface area contributed by atoms with Gasteiger partial charge < -0.3 is 14.6 Å². The highest BCUT2D eigenvalue weighted by molar-refractivity contribution is 6.03. The van der Waals surface area contributed by atoms with Crippen molar-refractivity contribution in [1.82, 2.24) is 9.88 Å². The number of fused-ring (bicyclic) bond motifs is 1. The van der Waals surface area contributed by atoms with Crippen LogP contribution in [0.25, 0.3) is 16.3 Å². The van der Waals surface area contributed by atoms with E-state index in [4.69, 9.17) is 9.47 Å². The number of aromatic amines is 1. The van der Waals surface area contributed by atoms with Gasteiger partial charge in [-0.05, 0) is 60.4 Å². The van der Waals surface area contributed by atoms with E-state index in [1.54, 1.807) is 25.7 Å². The molecule has 34 heavy (non-hydrogen) atoms. The average Bonchev–Trinajstić information content (AvgIpc) is 3.53. The number of nitrogens with one attached hydrogen (secondary N) is 1. The maximum Gasteiger partial charge on any atom is 0.258 e. The van der Waals surface area contributed by atoms with Gasteiger partial charge in [-0.15, -0.1) is 0 Å². The van der Waals surface area contributed by atoms with Gasteiger partial charge in [0, 0.05) is 43.1 Å². The lowest BCUT2D eigenvalue weighted by Crippen LogP contribution is -2.32. The van der Waals surface area contributed by atoms with Crippen molar-refractivity contribution in [2.45, 2.75) is 31.8 Å². The van der Waals surface area contributed by atoms with E-state index in [1.807, 2.05) is 24.3 Å². The maximum absolute atomic E-state index is 12.4. The molecule has 7 nitrogen and oxygen atoms in total. The summed E-state index contributed by atoms with van der Waals surface area (Å²) in [7, 11) is 1.76. The molecule has 2 aromatic carbocycles. The number of hydrogen-bond donors (Lipinski definition) is 2. The molecule has 1 atom stereocenters. The van der Waals surface area contributed by atoms with Crippen LogP contribution in [0.1, 0.15) is 36.0 Å². The first-order chi connectivity index (χ1) is 16.6. The van der Waals surface area contributed by atoms with Crippen molar-refractivity contribution in [1.29, 1.82) is 0 Å². The number of H-pyrrole nitrogens is 1. The van der Waals surface area contributed by atoms with Crippen molar-refractivity contribution in [3.05, 3.63) is 75.8 Å². The van der Waals surface area contributed by atoms with Crippen molar-refractivity contribution >= 4 is 28.2 Å². The van der Waals surface area contributed by atoms with E-state index in [0.717, 1.165) is 42.9 Å². The lowest BCUT2D eigenvalue weighted by atomic mass is 9.99. The van der Waals surface area contributed by atoms with Gasteiger partial charge in [-0.3, -0.25) is 19.7 Å². The van der Waals surface area contributed by atoms with Gasteiger partial charge in [-0.2, -0.15) is 0 Å². The molecule has 2 aliphatic heterocycles. The number of rotatable bonds is 7. The summed E-state index contributed by atoms with van der Waals surface area (Å²) in [6.45, 7) is 3.41. The zero-order chi connectivity index (χ0) is 23.5. The fourth-order valence-electron chi connectivity index (χ4n) is 4.81. The molecular formula is C27H29N3O4. The van der Waals surface area contributed by atoms with Crippen LogP contribution in [0.2, 0.25) is 0 Å². The molecule has 1 saturated heterocycles. The minimum atomic E-state index is -0.328. The number of aliphatic imine (C=N–C) groups is 1. The Kier molecular flexibility index (Phi) is 6.47. The van der Waals surface area contributed by atoms with Gasteiger partial charge in [0.2, 0.25) is 5.88 Å². The Morgan fingerprint density at radius 3 is 2.85 bits per heavy atom. The summed E-state index contributed by atoms with van der Waals surface area (Å²) in [6.07, 6.45) is 6.57. The van der Waals surface area contributed by atoms with E-state index in [2.05, 4.69) is 27.0 Å². The lowest BCUT2D eigenvalue weighted by molar-refractivity contribution is 0.112. The van der Waals surface area contributed by atoms with E-state index in [0.29, 0.717) is 29.0 Å². The second-order valence-corrected chi connectivity index (χ2v) is 8.89. The summed E-state index contributed by atoms with van der Waals surface area (Å²) < 4.78 is 10.7. The quantitative estimate of drug-likeness (QED) is 0.513. The first kappa shape index (κ1) is 22.4. The van der Waals surface area contributed by atoms with Crippen molar-refractivity contribution < 1.29 is 14.6 Å². The van der Waals surface area contributed by atoms with Crippen LogP contribution in [0.3, 0.4) is 0 Å². The second-order valence-electron chi connectivity index (χ2n) is 8.89. The van der Waals surface area contributed by atoms with Crippen LogP contribution < -0.4 is 5.56 Å². The Morgan fingerprint density at radius 2 is 2.09 bits per heavy atom. The van der Waals surface area contributed by atoms with Crippen LogP contribution >= 0.6 is 0 Å². The maximum atomic E-state index is 12.4. The summed E-state index contributed by atoms with van der Waals surface area (Å²) in [5.41, 5.74) is 4.22. The SMILES string of the molecule is COC[C@@H]1CCCN1Cc1ccc(N=Cc2c(O)[nH]c(=O)c3ccc(C4=COCC4)cc23)cc1. The minimum absolute atomic E-state index is 0.190. The smallest absolute Gasteiger partial charge is 0.258 e. The van der Waals surface area contributed by atoms with E-state index >= 15 is 0 Å². The number of methoxy groups -OCH3 is 1. The predicted molar refractivity (Wildman–Crippen MR) is 134 cm³/mol. The molecule has 2 N–H and O–H groups in total. The molecule has 0 aliphatic carbocycles. The number of aromatic hydroxyl groups is 1. The van der Waals surface area contributed by atoms with Crippen LogP contribution in [0.4, 0.5) is 5.69 Å². The van der Waals surface area contributed by atoms with Gasteiger partial charge >= 0.3 is 0 Å². The number of nitrogens with zero attached hydrogens (tertiary/aromatic N) is 2. The molecule has 2 aliphatic rings. The number of aromatic nitrogens is 1. The Morgan fingerprint density at radius 1 is 1.24 bits per heavy atom. The van der Waals surface area contributed by atoms with E-state index in [1.165, 1.54) is 18.4 Å². The third kappa shape index (κ3) is 4.62. The number of benzene rings is 2. The van der Waals surface area contributed by atoms with Crippen molar-refractivity contribution in [2.75, 3.05) is 26.9 Å². The van der Waals surface area contributed by atoms with Gasteiger partial charge in [0.15, 0.2) is 0 Å². The highest BCUT2D eigenvalue weighted by Gasteiger charge is 2.24. The van der Waals surface area contributed by atoms with Gasteiger partial charge in [-0.1, -0.05) is 18.2 Å². The molecule has 0 spiro atoms. The molecular weight excluding hydrogens is 430 g/mol. The molecule has 3 aromatic rings. The van der Waals surface area contributed by atoms with Crippen molar-refractivity contribution in [2.24, 2.45) is 4.99 Å². The zero-order valence-corrected chi connectivity index (χ0v) is 19.3. The molecule has 1 fully saturated rings. The molecule has 1 aromatic heterocycles. The second kappa shape index (κ2) is 9.83. The fraction of sp³-hybridized carbons (Fsp3) is 0.333. The summed E-state index contributed by atoms with van der Waals surface area (Å²) in [5.74, 6) is -0.190. The van der Waals surface area contributed by atoms with Gasteiger partial charge in [0.05, 0.1) is 30.7 Å². The minimum Gasteiger partial charge on any atom is -0.501 e. The highest BCUT2D eigenvalue weighted by Crippen LogP contribution is 2.29. The summed E-state index contributed by atoms with van der Waals surface area (Å²) in [6, 6.07) is 14.2. The third-order valence-corrected chi connectivity index (χ3v) is 6.65. The van der Waals surface area contributed by atoms with E-state index in [-0.39, 0.29) is 11.4 Å². The predicted octanol–water partition coefficient (Wildman–Crippen LogP) is 4.36. The summed E-state index contributed by atoms with van der Waals surface area (Å²) in [4.78, 5) is 22.0. The van der Waals surface area contributed by atoms with Crippen molar-refractivity contribution in [3.63, 3.8) is 0 Å². The molecule has 0 saturated carbocycles. The molecule has 0 radical (unpaired) electrons. The molecule has 0 amide bonds. The summed E-state index contributed by atoms with van der Waals surface area (Å²) in [5, 5.41) is 11.7. The van der Waals surface area contributed by atoms with Crippen molar-refractivity contribution in [3.8, 4) is 5.88 Å². The Hall–Kier alpha value is -3.42. The normalized spacial score (nSPS) is 18.6. The average molecular weight is 460 g/mol. The highest BCUT2D eigenvalue weighted by atomic mass is 16.5. The molecule has 7 heteroatoms. The third-order valence-electron chi connectivity index (χ3n) is 6.65. The number of pyridine rings is 1. The van der Waals surface area contributed by atoms with Gasteiger partial charge in [-0.25, -0.2) is 0 Å². The van der Waals surface area contributed by atoms with Crippen LogP contribution in [0.5, 0.6) is 5.88 Å². The van der Waals surface area contributed by atoms with Crippen LogP contribution in [0.15, 0.2) is 58.5 Å². The first-order valence-electron chi connectivity index (χ1n) is 11.7. The van der Waals surface area contributed by atoms with Crippen LogP contribution in [-0.4, -0.2) is 54.1 Å². The Balaban J connectivity index is 1.39. The largest absolute Gasteiger partial charge is 0.501 e. The zero-order valence-electron chi connectivity index (χ0n) is 19.3. The van der Waals surface area contributed by atoms with Gasteiger partial charge in [0.25, 0.3) is 5.56 Å². The summed E-state index contributed by atoms with van der Waals surface area (Å²) >= 11 is 0. The standard InChI is InChI=1S/C27H29N3O4/c1-33-17-22-3-2-11-30(22)15-18-4-7-21(8-5-18)28-14-25-24-13-19(20-10-12-34-16-20)6-9-23(24)26(31)29-27(25)32/h4-9,13-14,16,22H,2-3,10-12,15,17H2,1H3,(H2,29,31,32)/t22-/m0/s1. The molecule has 0 bridgehead atoms. The fourth-order valence-corrected chi connectivity index (χ4v) is 4.81. The lowest BCUT2D eigenvalue weighted by Gasteiger charge is -2.23.